The van der Waals surface area contributed by atoms with Crippen molar-refractivity contribution in [3.05, 3.63) is 36.0 Å². The summed E-state index contributed by atoms with van der Waals surface area (Å²) >= 11 is 0. The van der Waals surface area contributed by atoms with Crippen molar-refractivity contribution in [3.63, 3.8) is 0 Å². The van der Waals surface area contributed by atoms with Crippen molar-refractivity contribution in [1.82, 2.24) is 9.88 Å². The number of carbonyl (C=O) groups is 1. The fourth-order valence-electron chi connectivity index (χ4n) is 4.22. The lowest BCUT2D eigenvalue weighted by Crippen LogP contribution is -2.54. The van der Waals surface area contributed by atoms with Gasteiger partial charge in [-0.25, -0.2) is 0 Å². The number of rotatable bonds is 5. The van der Waals surface area contributed by atoms with Crippen molar-refractivity contribution in [2.24, 2.45) is 5.73 Å². The molecule has 1 aliphatic heterocycles. The SMILES string of the molecule is N[C@@H](Cc1c[nH]c2ccccc12)C(=O)N1CCCCCCO[C@H]([C@H](O)CO)[C@H](O)[C@@H](O)C1. The van der Waals surface area contributed by atoms with Crippen LogP contribution in [0.3, 0.4) is 0 Å². The first-order chi connectivity index (χ1) is 15.4. The van der Waals surface area contributed by atoms with E-state index in [0.717, 1.165) is 35.7 Å². The molecular weight excluding hydrogens is 414 g/mol. The zero-order chi connectivity index (χ0) is 23.1. The third-order valence-corrected chi connectivity index (χ3v) is 6.08. The Morgan fingerprint density at radius 2 is 1.97 bits per heavy atom. The summed E-state index contributed by atoms with van der Waals surface area (Å²) in [6.45, 7) is -0.0197. The number of hydrogen-bond acceptors (Lipinski definition) is 7. The van der Waals surface area contributed by atoms with Gasteiger partial charge in [-0.2, -0.15) is 0 Å². The van der Waals surface area contributed by atoms with Crippen molar-refractivity contribution in [2.75, 3.05) is 26.3 Å². The number of ether oxygens (including phenoxy) is 1. The average molecular weight is 450 g/mol. The number of fused-ring (bicyclic) bond motifs is 1. The Balaban J connectivity index is 1.72. The highest BCUT2D eigenvalue weighted by molar-refractivity contribution is 5.86. The van der Waals surface area contributed by atoms with Crippen LogP contribution in [-0.4, -0.2) is 93.0 Å². The summed E-state index contributed by atoms with van der Waals surface area (Å²) in [5.41, 5.74) is 8.19. The molecule has 1 aliphatic rings. The van der Waals surface area contributed by atoms with Crippen LogP contribution in [-0.2, 0) is 16.0 Å². The number of β-amino-alcohol motifs (C(OH)–C–C–N with tert-alkyl or cyclic N) is 1. The van der Waals surface area contributed by atoms with E-state index in [1.54, 1.807) is 0 Å². The van der Waals surface area contributed by atoms with Crippen molar-refractivity contribution >= 4 is 16.8 Å². The van der Waals surface area contributed by atoms with Crippen LogP contribution < -0.4 is 5.73 Å². The van der Waals surface area contributed by atoms with Crippen LogP contribution >= 0.6 is 0 Å². The Kier molecular flexibility index (Phi) is 9.03. The molecule has 178 valence electrons. The molecule has 9 heteroatoms. The molecule has 7 N–H and O–H groups in total. The minimum absolute atomic E-state index is 0.139. The summed E-state index contributed by atoms with van der Waals surface area (Å²) < 4.78 is 5.55. The van der Waals surface area contributed by atoms with Crippen LogP contribution in [0, 0.1) is 0 Å². The first-order valence-corrected chi connectivity index (χ1v) is 11.3. The normalized spacial score (nSPS) is 25.7. The highest BCUT2D eigenvalue weighted by Crippen LogP contribution is 2.20. The molecule has 0 unspecified atom stereocenters. The second-order valence-corrected chi connectivity index (χ2v) is 8.51. The fraction of sp³-hybridized carbons (Fsp3) is 0.609. The van der Waals surface area contributed by atoms with Crippen LogP contribution in [0.2, 0.25) is 0 Å². The zero-order valence-corrected chi connectivity index (χ0v) is 18.3. The Bertz CT molecular complexity index is 859. The summed E-state index contributed by atoms with van der Waals surface area (Å²) in [4.78, 5) is 17.8. The third-order valence-electron chi connectivity index (χ3n) is 6.08. The highest BCUT2D eigenvalue weighted by atomic mass is 16.5. The first-order valence-electron chi connectivity index (χ1n) is 11.3. The maximum Gasteiger partial charge on any atom is 0.239 e. The number of nitrogens with zero attached hydrogens (tertiary/aromatic N) is 1. The van der Waals surface area contributed by atoms with Gasteiger partial charge in [0, 0.05) is 36.8 Å². The fourth-order valence-corrected chi connectivity index (χ4v) is 4.22. The van der Waals surface area contributed by atoms with Gasteiger partial charge in [0.15, 0.2) is 0 Å². The number of hydrogen-bond donors (Lipinski definition) is 6. The molecule has 1 aromatic heterocycles. The van der Waals surface area contributed by atoms with Gasteiger partial charge in [-0.15, -0.1) is 0 Å². The van der Waals surface area contributed by atoms with Crippen molar-refractivity contribution < 1.29 is 30.0 Å². The maximum absolute atomic E-state index is 13.2. The zero-order valence-electron chi connectivity index (χ0n) is 18.3. The largest absolute Gasteiger partial charge is 0.394 e. The molecular formula is C23H35N3O6. The van der Waals surface area contributed by atoms with E-state index >= 15 is 0 Å². The molecule has 1 saturated heterocycles. The number of aliphatic hydroxyl groups excluding tert-OH is 4. The number of H-pyrrole nitrogens is 1. The molecule has 3 rings (SSSR count). The molecule has 2 heterocycles. The van der Waals surface area contributed by atoms with Crippen molar-refractivity contribution in [3.8, 4) is 0 Å². The van der Waals surface area contributed by atoms with Gasteiger partial charge in [-0.3, -0.25) is 4.79 Å². The number of aliphatic hydroxyl groups is 4. The predicted molar refractivity (Wildman–Crippen MR) is 120 cm³/mol. The minimum atomic E-state index is -1.46. The number of aromatic nitrogens is 1. The lowest BCUT2D eigenvalue weighted by Gasteiger charge is -2.34. The molecule has 0 saturated carbocycles. The number of nitrogens with one attached hydrogen (secondary N) is 1. The molecule has 32 heavy (non-hydrogen) atoms. The van der Waals surface area contributed by atoms with Crippen molar-refractivity contribution in [1.29, 1.82) is 0 Å². The molecule has 1 fully saturated rings. The summed E-state index contributed by atoms with van der Waals surface area (Å²) in [5, 5.41) is 41.5. The van der Waals surface area contributed by atoms with Crippen molar-refractivity contribution in [2.45, 2.75) is 62.6 Å². The minimum Gasteiger partial charge on any atom is -0.394 e. The van der Waals surface area contributed by atoms with E-state index in [9.17, 15) is 25.2 Å². The van der Waals surface area contributed by atoms with E-state index in [2.05, 4.69) is 4.98 Å². The number of benzene rings is 1. The molecule has 0 radical (unpaired) electrons. The quantitative estimate of drug-likeness (QED) is 0.373. The van der Waals surface area contributed by atoms with E-state index in [-0.39, 0.29) is 12.5 Å². The van der Waals surface area contributed by atoms with Gasteiger partial charge in [-0.1, -0.05) is 31.0 Å². The topological polar surface area (TPSA) is 152 Å². The van der Waals surface area contributed by atoms with E-state index < -0.39 is 37.1 Å². The third kappa shape index (κ3) is 6.06. The van der Waals surface area contributed by atoms with E-state index in [0.29, 0.717) is 26.0 Å². The average Bonchev–Trinajstić information content (AvgIpc) is 3.20. The van der Waals surface area contributed by atoms with Crippen LogP contribution in [0.15, 0.2) is 30.5 Å². The molecule has 0 aliphatic carbocycles. The van der Waals surface area contributed by atoms with Gasteiger partial charge in [0.05, 0.1) is 12.6 Å². The smallest absolute Gasteiger partial charge is 0.239 e. The van der Waals surface area contributed by atoms with Gasteiger partial charge in [0.2, 0.25) is 5.91 Å². The Morgan fingerprint density at radius 3 is 2.75 bits per heavy atom. The van der Waals surface area contributed by atoms with Crippen LogP contribution in [0.4, 0.5) is 0 Å². The molecule has 2 aromatic rings. The lowest BCUT2D eigenvalue weighted by molar-refractivity contribution is -0.152. The van der Waals surface area contributed by atoms with Gasteiger partial charge in [0.1, 0.15) is 24.4 Å². The number of aromatic amines is 1. The number of amides is 1. The Hall–Kier alpha value is -2.01. The monoisotopic (exact) mass is 449 g/mol. The summed E-state index contributed by atoms with van der Waals surface area (Å²) in [5.74, 6) is -0.307. The van der Waals surface area contributed by atoms with Crippen LogP contribution in [0.5, 0.6) is 0 Å². The number of para-hydroxylation sites is 1. The number of carbonyl (C=O) groups excluding carboxylic acids is 1. The first kappa shape index (κ1) is 24.6. The second-order valence-electron chi connectivity index (χ2n) is 8.51. The van der Waals surface area contributed by atoms with Gasteiger partial charge < -0.3 is 40.8 Å². The summed E-state index contributed by atoms with van der Waals surface area (Å²) in [6.07, 6.45) is 0.0879. The second kappa shape index (κ2) is 11.7. The van der Waals surface area contributed by atoms with E-state index in [1.165, 1.54) is 4.90 Å². The molecule has 1 amide bonds. The molecule has 1 aromatic carbocycles. The van der Waals surface area contributed by atoms with Crippen LogP contribution in [0.1, 0.15) is 31.2 Å². The van der Waals surface area contributed by atoms with Gasteiger partial charge >= 0.3 is 0 Å². The number of nitrogens with two attached hydrogens (primary N) is 1. The van der Waals surface area contributed by atoms with Crippen LogP contribution in [0.25, 0.3) is 10.9 Å². The van der Waals surface area contributed by atoms with Gasteiger partial charge in [0.25, 0.3) is 0 Å². The Morgan fingerprint density at radius 1 is 1.22 bits per heavy atom. The lowest BCUT2D eigenvalue weighted by atomic mass is 10.0. The molecule has 0 spiro atoms. The van der Waals surface area contributed by atoms with Gasteiger partial charge in [-0.05, 0) is 30.9 Å². The molecule has 9 nitrogen and oxygen atoms in total. The summed E-state index contributed by atoms with van der Waals surface area (Å²) in [6, 6.07) is 6.99. The highest BCUT2D eigenvalue weighted by Gasteiger charge is 2.35. The molecule has 5 atom stereocenters. The maximum atomic E-state index is 13.2. The molecule has 0 bridgehead atoms. The summed E-state index contributed by atoms with van der Waals surface area (Å²) in [7, 11) is 0. The Labute approximate surface area is 187 Å². The standard InChI is InChI=1S/C23H35N3O6/c24-17(11-15-12-25-18-8-4-3-7-16(15)18)23(31)26-9-5-1-2-6-10-32-22(20(29)14-27)21(30)19(28)13-26/h3-4,7-8,12,17,19-22,25,27-30H,1-2,5-6,9-11,13-14,24H2/t17-,19-,20+,21+,22+/m0/s1. The predicted octanol–water partition coefficient (Wildman–Crippen LogP) is -0.0995. The van der Waals surface area contributed by atoms with E-state index in [1.807, 2.05) is 30.5 Å². The van der Waals surface area contributed by atoms with E-state index in [4.69, 9.17) is 10.5 Å².